The smallest absolute Gasteiger partial charge is 0.189 e. The Morgan fingerprint density at radius 2 is 1.92 bits per heavy atom. The fourth-order valence-electron chi connectivity index (χ4n) is 0.857. The number of rotatable bonds is 2. The molecule has 0 amide bonds. The van der Waals surface area contributed by atoms with E-state index in [0.717, 1.165) is 0 Å². The number of aliphatic hydroxyl groups excluding tert-OH is 1. The number of hydrogen-bond acceptors (Lipinski definition) is 2. The van der Waals surface area contributed by atoms with Crippen LogP contribution >= 0.6 is 23.2 Å². The minimum Gasteiger partial charge on any atom is -0.392 e. The number of aliphatic hydroxyl groups is 2. The molecule has 0 fully saturated rings. The van der Waals surface area contributed by atoms with E-state index >= 15 is 0 Å². The number of halogens is 2. The Hall–Kier alpha value is -0.280. The summed E-state index contributed by atoms with van der Waals surface area (Å²) >= 11 is 11.3. The van der Waals surface area contributed by atoms with Crippen LogP contribution in [-0.4, -0.2) is 16.8 Å². The summed E-state index contributed by atoms with van der Waals surface area (Å²) in [7, 11) is 0. The van der Waals surface area contributed by atoms with Crippen molar-refractivity contribution in [3.8, 4) is 0 Å². The van der Waals surface area contributed by atoms with Gasteiger partial charge in [-0.15, -0.1) is 0 Å². The van der Waals surface area contributed by atoms with E-state index in [4.69, 9.17) is 28.3 Å². The van der Waals surface area contributed by atoms with Gasteiger partial charge in [-0.25, -0.2) is 0 Å². The first-order valence-electron chi connectivity index (χ1n) is 3.35. The van der Waals surface area contributed by atoms with Crippen LogP contribution in [0.25, 0.3) is 0 Å². The molecule has 66 valence electrons. The highest BCUT2D eigenvalue weighted by molar-refractivity contribution is 6.33. The second-order valence-electron chi connectivity index (χ2n) is 2.40. The van der Waals surface area contributed by atoms with E-state index in [9.17, 15) is 5.11 Å². The molecule has 1 atom stereocenters. The Morgan fingerprint density at radius 1 is 1.33 bits per heavy atom. The van der Waals surface area contributed by atoms with Crippen molar-refractivity contribution in [1.29, 1.82) is 0 Å². The Labute approximate surface area is 80.4 Å². The van der Waals surface area contributed by atoms with E-state index in [1.807, 2.05) is 0 Å². The fourth-order valence-corrected chi connectivity index (χ4v) is 1.36. The quantitative estimate of drug-likeness (QED) is 0.724. The molecular formula is C8H8Cl2O2. The van der Waals surface area contributed by atoms with Crippen LogP contribution in [0.5, 0.6) is 0 Å². The van der Waals surface area contributed by atoms with Crippen LogP contribution in [0.4, 0.5) is 0 Å². The third-order valence-corrected chi connectivity index (χ3v) is 2.15. The molecule has 1 unspecified atom stereocenters. The lowest BCUT2D eigenvalue weighted by atomic mass is 10.1. The summed E-state index contributed by atoms with van der Waals surface area (Å²) < 4.78 is 0. The SMILES string of the molecule is OCC(O)(Cl)c1ccccc1Cl. The van der Waals surface area contributed by atoms with Gasteiger partial charge in [0.2, 0.25) is 0 Å². The first-order valence-corrected chi connectivity index (χ1v) is 4.10. The number of hydrogen-bond donors (Lipinski definition) is 2. The van der Waals surface area contributed by atoms with Crippen LogP contribution in [0.2, 0.25) is 5.02 Å². The van der Waals surface area contributed by atoms with Gasteiger partial charge in [-0.1, -0.05) is 41.4 Å². The molecule has 0 bridgehead atoms. The van der Waals surface area contributed by atoms with Gasteiger partial charge in [-0.05, 0) is 6.07 Å². The summed E-state index contributed by atoms with van der Waals surface area (Å²) in [5.41, 5.74) is 0.316. The fraction of sp³-hybridized carbons (Fsp3) is 0.250. The third-order valence-electron chi connectivity index (χ3n) is 1.50. The highest BCUT2D eigenvalue weighted by atomic mass is 35.5. The van der Waals surface area contributed by atoms with Crippen LogP contribution in [0.15, 0.2) is 24.3 Å². The van der Waals surface area contributed by atoms with Crippen molar-refractivity contribution in [3.63, 3.8) is 0 Å². The monoisotopic (exact) mass is 206 g/mol. The third kappa shape index (κ3) is 1.90. The molecule has 2 nitrogen and oxygen atoms in total. The molecule has 0 heterocycles. The zero-order chi connectivity index (χ0) is 9.19. The Balaban J connectivity index is 3.10. The molecule has 1 rings (SSSR count). The van der Waals surface area contributed by atoms with Gasteiger partial charge >= 0.3 is 0 Å². The second-order valence-corrected chi connectivity index (χ2v) is 3.43. The standard InChI is InChI=1S/C8H8Cl2O2/c9-7-4-2-1-3-6(7)8(10,12)5-11/h1-4,11-12H,5H2. The second kappa shape index (κ2) is 3.62. The summed E-state index contributed by atoms with van der Waals surface area (Å²) in [6, 6.07) is 6.56. The van der Waals surface area contributed by atoms with Crippen LogP contribution in [0.3, 0.4) is 0 Å². The molecule has 1 aromatic rings. The van der Waals surface area contributed by atoms with Gasteiger partial charge in [0, 0.05) is 10.6 Å². The molecule has 4 heteroatoms. The van der Waals surface area contributed by atoms with Crippen LogP contribution in [0, 0.1) is 0 Å². The zero-order valence-electron chi connectivity index (χ0n) is 6.17. The van der Waals surface area contributed by atoms with Crippen molar-refractivity contribution in [2.45, 2.75) is 5.06 Å². The first-order chi connectivity index (χ1) is 5.58. The molecule has 0 spiro atoms. The lowest BCUT2D eigenvalue weighted by Gasteiger charge is -2.18. The molecule has 0 aliphatic carbocycles. The molecule has 1 aromatic carbocycles. The van der Waals surface area contributed by atoms with Crippen molar-refractivity contribution < 1.29 is 10.2 Å². The first kappa shape index (κ1) is 9.81. The lowest BCUT2D eigenvalue weighted by Crippen LogP contribution is -2.22. The highest BCUT2D eigenvalue weighted by Crippen LogP contribution is 2.30. The van der Waals surface area contributed by atoms with Crippen molar-refractivity contribution in [2.75, 3.05) is 6.61 Å². The van der Waals surface area contributed by atoms with Gasteiger partial charge < -0.3 is 10.2 Å². The highest BCUT2D eigenvalue weighted by Gasteiger charge is 2.26. The molecule has 0 saturated heterocycles. The van der Waals surface area contributed by atoms with Gasteiger partial charge in [-0.2, -0.15) is 0 Å². The Bertz CT molecular complexity index is 274. The minimum absolute atomic E-state index is 0.316. The summed E-state index contributed by atoms with van der Waals surface area (Å²) in [4.78, 5) is 0. The van der Waals surface area contributed by atoms with E-state index in [2.05, 4.69) is 0 Å². The van der Waals surface area contributed by atoms with Crippen molar-refractivity contribution >= 4 is 23.2 Å². The van der Waals surface area contributed by atoms with Gasteiger partial charge in [0.15, 0.2) is 5.06 Å². The maximum absolute atomic E-state index is 9.41. The van der Waals surface area contributed by atoms with Crippen LogP contribution in [-0.2, 0) is 5.06 Å². The largest absolute Gasteiger partial charge is 0.392 e. The molecule has 0 radical (unpaired) electrons. The zero-order valence-corrected chi connectivity index (χ0v) is 7.68. The van der Waals surface area contributed by atoms with Crippen LogP contribution < -0.4 is 0 Å². The van der Waals surface area contributed by atoms with E-state index in [1.54, 1.807) is 24.3 Å². The summed E-state index contributed by atoms with van der Waals surface area (Å²) in [5, 5.41) is 16.7. The van der Waals surface area contributed by atoms with Gasteiger partial charge in [-0.3, -0.25) is 0 Å². The van der Waals surface area contributed by atoms with Crippen molar-refractivity contribution in [2.24, 2.45) is 0 Å². The summed E-state index contributed by atoms with van der Waals surface area (Å²) in [6.45, 7) is -0.571. The molecule has 2 N–H and O–H groups in total. The molecule has 0 aliphatic heterocycles. The molecule has 0 saturated carbocycles. The van der Waals surface area contributed by atoms with Crippen molar-refractivity contribution in [1.82, 2.24) is 0 Å². The summed E-state index contributed by atoms with van der Waals surface area (Å²) in [5.74, 6) is 0. The van der Waals surface area contributed by atoms with E-state index in [0.29, 0.717) is 10.6 Å². The van der Waals surface area contributed by atoms with Gasteiger partial charge in [0.05, 0.1) is 6.61 Å². The maximum Gasteiger partial charge on any atom is 0.189 e. The average molecular weight is 207 g/mol. The predicted octanol–water partition coefficient (Wildman–Crippen LogP) is 1.72. The number of alkyl halides is 1. The topological polar surface area (TPSA) is 40.5 Å². The lowest BCUT2D eigenvalue weighted by molar-refractivity contribution is 0.0559. The van der Waals surface area contributed by atoms with Crippen molar-refractivity contribution in [3.05, 3.63) is 34.9 Å². The molecule has 12 heavy (non-hydrogen) atoms. The van der Waals surface area contributed by atoms with Gasteiger partial charge in [0.25, 0.3) is 0 Å². The Kier molecular flexibility index (Phi) is 2.96. The number of benzene rings is 1. The minimum atomic E-state index is -1.78. The van der Waals surface area contributed by atoms with Gasteiger partial charge in [0.1, 0.15) is 0 Å². The molecule has 0 aromatic heterocycles. The van der Waals surface area contributed by atoms with E-state index in [-0.39, 0.29) is 0 Å². The summed E-state index contributed by atoms with van der Waals surface area (Å²) in [6.07, 6.45) is 0. The Morgan fingerprint density at radius 3 is 2.42 bits per heavy atom. The predicted molar refractivity (Wildman–Crippen MR) is 48.3 cm³/mol. The van der Waals surface area contributed by atoms with Crippen LogP contribution in [0.1, 0.15) is 5.56 Å². The van der Waals surface area contributed by atoms with E-state index in [1.165, 1.54) is 0 Å². The maximum atomic E-state index is 9.41. The normalized spacial score (nSPS) is 15.7. The molecular weight excluding hydrogens is 199 g/mol. The van der Waals surface area contributed by atoms with E-state index < -0.39 is 11.7 Å². The average Bonchev–Trinajstić information content (AvgIpc) is 2.05. The molecule has 0 aliphatic rings.